The molecule has 0 radical (unpaired) electrons. The van der Waals surface area contributed by atoms with Crippen molar-refractivity contribution in [2.45, 2.75) is 29.1 Å². The molecule has 1 heterocycles. The quantitative estimate of drug-likeness (QED) is 0.723. The summed E-state index contributed by atoms with van der Waals surface area (Å²) in [5.41, 5.74) is -4.47. The number of nitrogens with zero attached hydrogens (tertiary/aromatic N) is 1. The van der Waals surface area contributed by atoms with E-state index in [9.17, 15) is 27.1 Å². The number of halogens is 5. The van der Waals surface area contributed by atoms with Crippen molar-refractivity contribution in [3.05, 3.63) is 52.8 Å². The Morgan fingerprint density at radius 2 is 1.92 bits per heavy atom. The third-order valence-electron chi connectivity index (χ3n) is 3.91. The van der Waals surface area contributed by atoms with Crippen molar-refractivity contribution in [2.24, 2.45) is 0 Å². The summed E-state index contributed by atoms with van der Waals surface area (Å²) in [4.78, 5) is -0.195. The second kappa shape index (κ2) is 6.14. The van der Waals surface area contributed by atoms with E-state index in [-0.39, 0.29) is 28.0 Å². The van der Waals surface area contributed by atoms with Gasteiger partial charge in [0.2, 0.25) is 0 Å². The van der Waals surface area contributed by atoms with Crippen molar-refractivity contribution >= 4 is 11.8 Å². The Hall–Kier alpha value is -2.31. The standard InChI is InChI=1S/C17H10F5NO2S/c1-16(24)14-12(26-17(16,21)22)3-2-11(13(14)15(19)20)25-10-5-8(7-23)4-9(18)6-10/h2-6,15,24H,1H3. The molecule has 0 saturated heterocycles. The van der Waals surface area contributed by atoms with Crippen LogP contribution in [0.3, 0.4) is 0 Å². The number of alkyl halides is 4. The molecule has 1 unspecified atom stereocenters. The Morgan fingerprint density at radius 3 is 2.54 bits per heavy atom. The monoisotopic (exact) mass is 387 g/mol. The smallest absolute Gasteiger partial charge is 0.330 e. The molecule has 0 aliphatic carbocycles. The molecule has 1 aliphatic rings. The van der Waals surface area contributed by atoms with Crippen molar-refractivity contribution in [3.8, 4) is 17.6 Å². The van der Waals surface area contributed by atoms with E-state index in [1.807, 2.05) is 0 Å². The summed E-state index contributed by atoms with van der Waals surface area (Å²) in [5, 5.41) is 15.3. The Balaban J connectivity index is 2.14. The molecule has 26 heavy (non-hydrogen) atoms. The molecule has 1 aliphatic heterocycles. The van der Waals surface area contributed by atoms with E-state index < -0.39 is 40.0 Å². The predicted octanol–water partition coefficient (Wildman–Crippen LogP) is 5.33. The Kier molecular flexibility index (Phi) is 4.37. The van der Waals surface area contributed by atoms with Crippen LogP contribution in [-0.4, -0.2) is 10.4 Å². The third-order valence-corrected chi connectivity index (χ3v) is 5.12. The fourth-order valence-electron chi connectivity index (χ4n) is 2.67. The van der Waals surface area contributed by atoms with E-state index in [2.05, 4.69) is 0 Å². The van der Waals surface area contributed by atoms with Gasteiger partial charge in [0.1, 0.15) is 17.3 Å². The molecule has 2 aromatic carbocycles. The van der Waals surface area contributed by atoms with E-state index in [1.165, 1.54) is 0 Å². The number of fused-ring (bicyclic) bond motifs is 1. The van der Waals surface area contributed by atoms with Crippen LogP contribution in [0.4, 0.5) is 22.0 Å². The van der Waals surface area contributed by atoms with Gasteiger partial charge in [0, 0.05) is 16.5 Å². The van der Waals surface area contributed by atoms with E-state index in [1.54, 1.807) is 6.07 Å². The second-order valence-electron chi connectivity index (χ2n) is 5.73. The van der Waals surface area contributed by atoms with Crippen molar-refractivity contribution in [2.75, 3.05) is 0 Å². The highest BCUT2D eigenvalue weighted by Crippen LogP contribution is 2.60. The zero-order valence-electron chi connectivity index (χ0n) is 13.1. The minimum atomic E-state index is -3.70. The molecule has 136 valence electrons. The van der Waals surface area contributed by atoms with Crippen LogP contribution in [0.15, 0.2) is 35.2 Å². The maximum absolute atomic E-state index is 14.0. The molecule has 3 rings (SSSR count). The van der Waals surface area contributed by atoms with Crippen LogP contribution in [0.5, 0.6) is 11.5 Å². The van der Waals surface area contributed by atoms with E-state index in [0.29, 0.717) is 0 Å². The molecule has 0 aromatic heterocycles. The first-order valence-corrected chi connectivity index (χ1v) is 8.01. The summed E-state index contributed by atoms with van der Waals surface area (Å²) in [7, 11) is 0. The van der Waals surface area contributed by atoms with Crippen LogP contribution < -0.4 is 4.74 Å². The van der Waals surface area contributed by atoms with Crippen molar-refractivity contribution in [1.29, 1.82) is 5.26 Å². The molecule has 1 atom stereocenters. The molecule has 0 bridgehead atoms. The molecule has 1 N–H and O–H groups in total. The molecular formula is C17H10F5NO2S. The molecule has 3 nitrogen and oxygen atoms in total. The minimum Gasteiger partial charge on any atom is -0.457 e. The van der Waals surface area contributed by atoms with Gasteiger partial charge in [0.15, 0.2) is 5.60 Å². The third kappa shape index (κ3) is 2.89. The molecule has 9 heteroatoms. The van der Waals surface area contributed by atoms with Crippen LogP contribution in [0, 0.1) is 17.1 Å². The molecule has 0 saturated carbocycles. The summed E-state index contributed by atoms with van der Waals surface area (Å²) < 4.78 is 74.0. The molecule has 0 spiro atoms. The SMILES string of the molecule is CC1(O)c2c(ccc(Oc3cc(F)cc(C#N)c3)c2C(F)F)SC1(F)F. The molecule has 0 fully saturated rings. The van der Waals surface area contributed by atoms with Gasteiger partial charge in [0.05, 0.1) is 17.2 Å². The van der Waals surface area contributed by atoms with Gasteiger partial charge < -0.3 is 9.84 Å². The summed E-state index contributed by atoms with van der Waals surface area (Å²) in [6.07, 6.45) is -3.23. The number of hydrogen-bond donors (Lipinski definition) is 1. The highest BCUT2D eigenvalue weighted by atomic mass is 32.2. The van der Waals surface area contributed by atoms with Crippen molar-refractivity contribution in [1.82, 2.24) is 0 Å². The number of ether oxygens (including phenoxy) is 1. The van der Waals surface area contributed by atoms with Crippen molar-refractivity contribution in [3.63, 3.8) is 0 Å². The van der Waals surface area contributed by atoms with Crippen molar-refractivity contribution < 1.29 is 31.8 Å². The summed E-state index contributed by atoms with van der Waals surface area (Å²) in [6, 6.07) is 6.76. The van der Waals surface area contributed by atoms with Gasteiger partial charge in [0.25, 0.3) is 6.43 Å². The van der Waals surface area contributed by atoms with E-state index >= 15 is 0 Å². The lowest BCUT2D eigenvalue weighted by atomic mass is 9.91. The first kappa shape index (κ1) is 18.5. The lowest BCUT2D eigenvalue weighted by Crippen LogP contribution is -2.36. The highest BCUT2D eigenvalue weighted by Gasteiger charge is 2.59. The van der Waals surface area contributed by atoms with E-state index in [0.717, 1.165) is 37.3 Å². The van der Waals surface area contributed by atoms with Crippen LogP contribution in [0.1, 0.15) is 30.0 Å². The summed E-state index contributed by atoms with van der Waals surface area (Å²) in [5.74, 6) is -1.58. The zero-order chi connectivity index (χ0) is 19.3. The van der Waals surface area contributed by atoms with Crippen LogP contribution in [0.25, 0.3) is 0 Å². The van der Waals surface area contributed by atoms with Gasteiger partial charge >= 0.3 is 5.25 Å². The maximum atomic E-state index is 14.0. The summed E-state index contributed by atoms with van der Waals surface area (Å²) in [6.45, 7) is 0.747. The number of rotatable bonds is 3. The van der Waals surface area contributed by atoms with Crippen LogP contribution in [-0.2, 0) is 5.60 Å². The average molecular weight is 387 g/mol. The summed E-state index contributed by atoms with van der Waals surface area (Å²) >= 11 is -0.0199. The van der Waals surface area contributed by atoms with Gasteiger partial charge in [-0.05, 0) is 43.0 Å². The lowest BCUT2D eigenvalue weighted by Gasteiger charge is -2.27. The maximum Gasteiger partial charge on any atom is 0.330 e. The van der Waals surface area contributed by atoms with Crippen LogP contribution >= 0.6 is 11.8 Å². The fourth-order valence-corrected chi connectivity index (χ4v) is 3.79. The zero-order valence-corrected chi connectivity index (χ0v) is 13.9. The largest absolute Gasteiger partial charge is 0.457 e. The van der Waals surface area contributed by atoms with Gasteiger partial charge in [-0.2, -0.15) is 14.0 Å². The minimum absolute atomic E-state index is 0.0199. The van der Waals surface area contributed by atoms with E-state index in [4.69, 9.17) is 10.00 Å². The number of aliphatic hydroxyl groups is 1. The number of hydrogen-bond acceptors (Lipinski definition) is 4. The molecule has 0 amide bonds. The van der Waals surface area contributed by atoms with Crippen LogP contribution in [0.2, 0.25) is 0 Å². The second-order valence-corrected chi connectivity index (χ2v) is 6.89. The Bertz CT molecular complexity index is 924. The number of thioether (sulfide) groups is 1. The first-order valence-electron chi connectivity index (χ1n) is 7.20. The van der Waals surface area contributed by atoms with Gasteiger partial charge in [-0.25, -0.2) is 13.2 Å². The average Bonchev–Trinajstić information content (AvgIpc) is 2.72. The van der Waals surface area contributed by atoms with Gasteiger partial charge in [-0.1, -0.05) is 0 Å². The molecular weight excluding hydrogens is 377 g/mol. The number of nitriles is 1. The number of benzene rings is 2. The normalized spacial score (nSPS) is 20.7. The van der Waals surface area contributed by atoms with Gasteiger partial charge in [-0.15, -0.1) is 0 Å². The Labute approximate surface area is 149 Å². The predicted molar refractivity (Wildman–Crippen MR) is 83.0 cm³/mol. The molecule has 2 aromatic rings. The fraction of sp³-hybridized carbons (Fsp3) is 0.235. The highest BCUT2D eigenvalue weighted by molar-refractivity contribution is 8.00. The van der Waals surface area contributed by atoms with Gasteiger partial charge in [-0.3, -0.25) is 0 Å². The lowest BCUT2D eigenvalue weighted by molar-refractivity contribution is -0.111. The topological polar surface area (TPSA) is 53.2 Å². The first-order chi connectivity index (χ1) is 12.1. The Morgan fingerprint density at radius 1 is 1.23 bits per heavy atom.